The Morgan fingerprint density at radius 1 is 1.39 bits per heavy atom. The number of fused-ring (bicyclic) bond motifs is 1. The van der Waals surface area contributed by atoms with Crippen LogP contribution in [-0.2, 0) is 11.0 Å². The molecule has 0 bridgehead atoms. The van der Waals surface area contributed by atoms with E-state index in [0.717, 1.165) is 49.9 Å². The lowest BCUT2D eigenvalue weighted by atomic mass is 9.97. The molecule has 1 N–H and O–H groups in total. The van der Waals surface area contributed by atoms with Crippen molar-refractivity contribution in [2.75, 3.05) is 45.6 Å². The highest BCUT2D eigenvalue weighted by molar-refractivity contribution is 7.22. The van der Waals surface area contributed by atoms with Crippen LogP contribution in [0.4, 0.5) is 22.7 Å². The highest BCUT2D eigenvalue weighted by atomic mass is 32.1. The fourth-order valence-corrected chi connectivity index (χ4v) is 4.15. The monoisotopic (exact) mass is 418 g/mol. The van der Waals surface area contributed by atoms with Gasteiger partial charge in [-0.3, -0.25) is 4.79 Å². The maximum Gasteiger partial charge on any atom is 0.416 e. The van der Waals surface area contributed by atoms with E-state index in [2.05, 4.69) is 20.1 Å². The van der Waals surface area contributed by atoms with Crippen LogP contribution >= 0.6 is 11.3 Å². The van der Waals surface area contributed by atoms with Crippen LogP contribution in [0, 0.1) is 11.7 Å². The number of likely N-dealkylation sites (N-methyl/N-ethyl adjacent to an activating group) is 1. The second-order valence-corrected chi connectivity index (χ2v) is 8.28. The number of carbonyl (C=O) groups excluding carboxylic acids is 1. The average molecular weight is 418 g/mol. The molecule has 1 aromatic heterocycles. The van der Waals surface area contributed by atoms with Gasteiger partial charge in [0.25, 0.3) is 0 Å². The molecule has 0 aliphatic carbocycles. The molecule has 1 fully saturated rings. The Hall–Kier alpha value is -1.78. The van der Waals surface area contributed by atoms with Crippen molar-refractivity contribution in [2.45, 2.75) is 19.0 Å². The number of likely N-dealkylation sites (tertiary alicyclic amines) is 1. The van der Waals surface area contributed by atoms with Crippen molar-refractivity contribution < 1.29 is 22.4 Å². The number of aromatic nitrogens is 1. The molecule has 2 aromatic rings. The summed E-state index contributed by atoms with van der Waals surface area (Å²) in [4.78, 5) is 20.9. The van der Waals surface area contributed by atoms with Gasteiger partial charge in [-0.25, -0.2) is 9.37 Å². The number of anilines is 1. The first-order chi connectivity index (χ1) is 13.1. The molecule has 0 saturated carbocycles. The number of rotatable bonds is 5. The van der Waals surface area contributed by atoms with Gasteiger partial charge < -0.3 is 15.1 Å². The quantitative estimate of drug-likeness (QED) is 0.753. The van der Waals surface area contributed by atoms with Gasteiger partial charge in [0.1, 0.15) is 5.52 Å². The minimum Gasteiger partial charge on any atom is -0.308 e. The zero-order chi connectivity index (χ0) is 20.5. The number of amides is 1. The lowest BCUT2D eigenvalue weighted by Crippen LogP contribution is -2.43. The number of alkyl halides is 3. The van der Waals surface area contributed by atoms with Crippen molar-refractivity contribution in [1.29, 1.82) is 0 Å². The zero-order valence-corrected chi connectivity index (χ0v) is 16.5. The minimum atomic E-state index is -4.64. The van der Waals surface area contributed by atoms with Crippen LogP contribution in [-0.4, -0.2) is 61.0 Å². The Morgan fingerprint density at radius 2 is 2.14 bits per heavy atom. The van der Waals surface area contributed by atoms with Crippen molar-refractivity contribution in [3.8, 4) is 0 Å². The molecule has 1 atom stereocenters. The Morgan fingerprint density at radius 3 is 2.82 bits per heavy atom. The lowest BCUT2D eigenvalue weighted by Gasteiger charge is -2.32. The third-order valence-electron chi connectivity index (χ3n) is 4.75. The van der Waals surface area contributed by atoms with Crippen LogP contribution in [0.1, 0.15) is 18.4 Å². The predicted molar refractivity (Wildman–Crippen MR) is 101 cm³/mol. The van der Waals surface area contributed by atoms with Gasteiger partial charge in [-0.15, -0.1) is 0 Å². The molecule has 154 valence electrons. The van der Waals surface area contributed by atoms with Crippen LogP contribution in [0.15, 0.2) is 12.1 Å². The SMILES string of the molecule is CN(C)CCN1CCCC(C(=O)Nc2nc3c(F)cc(C(F)(F)F)cc3s2)C1. The number of halogens is 4. The molecule has 0 radical (unpaired) electrons. The normalized spacial score (nSPS) is 18.8. The van der Waals surface area contributed by atoms with E-state index in [1.165, 1.54) is 0 Å². The minimum absolute atomic E-state index is 0.0545. The van der Waals surface area contributed by atoms with Gasteiger partial charge in [-0.2, -0.15) is 13.2 Å². The van der Waals surface area contributed by atoms with Crippen molar-refractivity contribution in [3.05, 3.63) is 23.5 Å². The smallest absolute Gasteiger partial charge is 0.308 e. The number of carbonyl (C=O) groups is 1. The van der Waals surface area contributed by atoms with Crippen LogP contribution < -0.4 is 5.32 Å². The Balaban J connectivity index is 1.70. The standard InChI is InChI=1S/C18H22F4N4OS/c1-25(2)6-7-26-5-3-4-11(10-26)16(27)24-17-23-15-13(19)8-12(18(20,21)22)9-14(15)28-17/h8-9,11H,3-7,10H2,1-2H3,(H,23,24,27). The first-order valence-electron chi connectivity index (χ1n) is 8.98. The molecule has 1 unspecified atom stereocenters. The summed E-state index contributed by atoms with van der Waals surface area (Å²) < 4.78 is 52.6. The predicted octanol–water partition coefficient (Wildman–Crippen LogP) is 3.67. The van der Waals surface area contributed by atoms with Gasteiger partial charge >= 0.3 is 6.18 Å². The molecular formula is C18H22F4N4OS. The molecule has 3 rings (SSSR count). The number of hydrogen-bond donors (Lipinski definition) is 1. The summed E-state index contributed by atoms with van der Waals surface area (Å²) in [7, 11) is 3.98. The molecular weight excluding hydrogens is 396 g/mol. The summed E-state index contributed by atoms with van der Waals surface area (Å²) in [5, 5.41) is 2.77. The van der Waals surface area contributed by atoms with Crippen LogP contribution in [0.5, 0.6) is 0 Å². The van der Waals surface area contributed by atoms with E-state index < -0.39 is 17.6 Å². The third-order valence-corrected chi connectivity index (χ3v) is 5.66. The fraction of sp³-hybridized carbons (Fsp3) is 0.556. The van der Waals surface area contributed by atoms with E-state index in [1.807, 2.05) is 14.1 Å². The molecule has 5 nitrogen and oxygen atoms in total. The molecule has 1 aromatic carbocycles. The number of nitrogens with zero attached hydrogens (tertiary/aromatic N) is 3. The van der Waals surface area contributed by atoms with Crippen molar-refractivity contribution >= 4 is 32.6 Å². The van der Waals surface area contributed by atoms with Crippen LogP contribution in [0.25, 0.3) is 10.2 Å². The van der Waals surface area contributed by atoms with Gasteiger partial charge in [-0.05, 0) is 45.6 Å². The first-order valence-corrected chi connectivity index (χ1v) is 9.80. The molecule has 1 aliphatic heterocycles. The van der Waals surface area contributed by atoms with Gasteiger partial charge in [0, 0.05) is 19.6 Å². The van der Waals surface area contributed by atoms with Crippen molar-refractivity contribution in [2.24, 2.45) is 5.92 Å². The van der Waals surface area contributed by atoms with Gasteiger partial charge in [-0.1, -0.05) is 11.3 Å². The summed E-state index contributed by atoms with van der Waals surface area (Å²) in [6.07, 6.45) is -3.00. The first kappa shape index (κ1) is 20.9. The summed E-state index contributed by atoms with van der Waals surface area (Å²) in [6.45, 7) is 3.32. The van der Waals surface area contributed by atoms with Gasteiger partial charge in [0.15, 0.2) is 10.9 Å². The van der Waals surface area contributed by atoms with Gasteiger partial charge in [0.2, 0.25) is 5.91 Å². The van der Waals surface area contributed by atoms with E-state index in [4.69, 9.17) is 0 Å². The van der Waals surface area contributed by atoms with Crippen molar-refractivity contribution in [3.63, 3.8) is 0 Å². The maximum absolute atomic E-state index is 14.0. The second-order valence-electron chi connectivity index (χ2n) is 7.25. The summed E-state index contributed by atoms with van der Waals surface area (Å²) in [5.41, 5.74) is -1.23. The van der Waals surface area contributed by atoms with Gasteiger partial charge in [0.05, 0.1) is 16.2 Å². The molecule has 1 amide bonds. The van der Waals surface area contributed by atoms with Crippen molar-refractivity contribution in [1.82, 2.24) is 14.8 Å². The highest BCUT2D eigenvalue weighted by Gasteiger charge is 2.32. The molecule has 2 heterocycles. The zero-order valence-electron chi connectivity index (χ0n) is 15.6. The van der Waals surface area contributed by atoms with Crippen LogP contribution in [0.2, 0.25) is 0 Å². The Kier molecular flexibility index (Phi) is 6.21. The second kappa shape index (κ2) is 8.30. The van der Waals surface area contributed by atoms with E-state index >= 15 is 0 Å². The number of piperidine rings is 1. The number of nitrogens with one attached hydrogen (secondary N) is 1. The summed E-state index contributed by atoms with van der Waals surface area (Å²) in [6, 6.07) is 1.28. The third kappa shape index (κ3) is 4.98. The van der Waals surface area contributed by atoms with Crippen LogP contribution in [0.3, 0.4) is 0 Å². The average Bonchev–Trinajstić information content (AvgIpc) is 3.02. The number of thiazole rings is 1. The molecule has 28 heavy (non-hydrogen) atoms. The number of benzene rings is 1. The highest BCUT2D eigenvalue weighted by Crippen LogP contribution is 2.36. The Labute approximate surface area is 164 Å². The molecule has 0 spiro atoms. The fourth-order valence-electron chi connectivity index (χ4n) is 3.23. The Bertz CT molecular complexity index is 852. The van der Waals surface area contributed by atoms with E-state index in [0.29, 0.717) is 12.6 Å². The van der Waals surface area contributed by atoms with E-state index in [1.54, 1.807) is 0 Å². The van der Waals surface area contributed by atoms with E-state index in [-0.39, 0.29) is 27.2 Å². The molecule has 10 heteroatoms. The topological polar surface area (TPSA) is 48.5 Å². The lowest BCUT2D eigenvalue weighted by molar-refractivity contribution is -0.137. The summed E-state index contributed by atoms with van der Waals surface area (Å²) in [5.74, 6) is -1.50. The summed E-state index contributed by atoms with van der Waals surface area (Å²) >= 11 is 0.846. The largest absolute Gasteiger partial charge is 0.416 e. The number of hydrogen-bond acceptors (Lipinski definition) is 5. The maximum atomic E-state index is 14.0. The van der Waals surface area contributed by atoms with E-state index in [9.17, 15) is 22.4 Å². The molecule has 1 saturated heterocycles. The molecule has 1 aliphatic rings.